The summed E-state index contributed by atoms with van der Waals surface area (Å²) >= 11 is 0. The number of piperidine rings is 1. The van der Waals surface area contributed by atoms with Crippen molar-refractivity contribution in [2.45, 2.75) is 45.3 Å². The highest BCUT2D eigenvalue weighted by Gasteiger charge is 2.21. The van der Waals surface area contributed by atoms with Gasteiger partial charge in [0.1, 0.15) is 0 Å². The van der Waals surface area contributed by atoms with Gasteiger partial charge in [-0.3, -0.25) is 0 Å². The normalized spacial score (nSPS) is 20.6. The number of aliphatic hydroxyl groups excluding tert-OH is 1. The minimum absolute atomic E-state index is 0.0417. The quantitative estimate of drug-likeness (QED) is 0.560. The zero-order valence-corrected chi connectivity index (χ0v) is 14.0. The van der Waals surface area contributed by atoms with Gasteiger partial charge in [0, 0.05) is 13.7 Å². The fourth-order valence-electron chi connectivity index (χ4n) is 2.77. The van der Waals surface area contributed by atoms with Gasteiger partial charge in [-0.25, -0.2) is 0 Å². The first-order valence-corrected chi connectivity index (χ1v) is 8.37. The van der Waals surface area contributed by atoms with Crippen LogP contribution in [0.1, 0.15) is 33.1 Å². The number of nitrogens with one attached hydrogen (secondary N) is 1. The molecule has 0 aromatic heterocycles. The number of rotatable bonds is 11. The van der Waals surface area contributed by atoms with Crippen molar-refractivity contribution in [1.29, 1.82) is 0 Å². The molecule has 0 amide bonds. The number of likely N-dealkylation sites (tertiary alicyclic amines) is 1. The maximum Gasteiger partial charge on any atom is 0.0900 e. The van der Waals surface area contributed by atoms with Gasteiger partial charge in [-0.2, -0.15) is 0 Å². The Bertz CT molecular complexity index is 246. The van der Waals surface area contributed by atoms with Gasteiger partial charge >= 0.3 is 0 Å². The van der Waals surface area contributed by atoms with Crippen LogP contribution in [0.25, 0.3) is 0 Å². The summed E-state index contributed by atoms with van der Waals surface area (Å²) in [5.41, 5.74) is 0. The second-order valence-electron chi connectivity index (χ2n) is 6.20. The average Bonchev–Trinajstić information content (AvgIpc) is 2.48. The molecule has 5 nitrogen and oxygen atoms in total. The summed E-state index contributed by atoms with van der Waals surface area (Å²) in [4.78, 5) is 2.35. The van der Waals surface area contributed by atoms with Crippen molar-refractivity contribution >= 4 is 0 Å². The Balaban J connectivity index is 2.08. The lowest BCUT2D eigenvalue weighted by Crippen LogP contribution is -2.42. The monoisotopic (exact) mass is 302 g/mol. The number of hydrogen-bond donors (Lipinski definition) is 2. The highest BCUT2D eigenvalue weighted by molar-refractivity contribution is 4.75. The van der Waals surface area contributed by atoms with Crippen LogP contribution in [0.5, 0.6) is 0 Å². The molecular formula is C16H34N2O3. The Morgan fingerprint density at radius 1 is 1.29 bits per heavy atom. The van der Waals surface area contributed by atoms with Crippen LogP contribution in [0.4, 0.5) is 0 Å². The predicted molar refractivity (Wildman–Crippen MR) is 85.6 cm³/mol. The van der Waals surface area contributed by atoms with Gasteiger partial charge in [-0.1, -0.05) is 6.92 Å². The molecule has 1 rings (SSSR count). The molecule has 1 aliphatic rings. The number of aliphatic hydroxyl groups is 1. The maximum atomic E-state index is 10.0. The first-order chi connectivity index (χ1) is 10.2. The lowest BCUT2D eigenvalue weighted by Gasteiger charge is -2.33. The van der Waals surface area contributed by atoms with Crippen molar-refractivity contribution in [1.82, 2.24) is 10.2 Å². The minimum atomic E-state index is -0.404. The fraction of sp³-hybridized carbons (Fsp3) is 1.00. The molecule has 5 heteroatoms. The van der Waals surface area contributed by atoms with Crippen LogP contribution in [0.15, 0.2) is 0 Å². The van der Waals surface area contributed by atoms with Gasteiger partial charge < -0.3 is 24.8 Å². The van der Waals surface area contributed by atoms with Crippen LogP contribution in [0.3, 0.4) is 0 Å². The number of nitrogens with zero attached hydrogens (tertiary/aromatic N) is 1. The molecule has 1 fully saturated rings. The molecule has 0 aromatic rings. The van der Waals surface area contributed by atoms with E-state index in [1.807, 2.05) is 6.92 Å². The molecule has 0 radical (unpaired) electrons. The summed E-state index contributed by atoms with van der Waals surface area (Å²) in [6, 6.07) is 0. The number of hydrogen-bond acceptors (Lipinski definition) is 5. The predicted octanol–water partition coefficient (Wildman–Crippen LogP) is 1.11. The van der Waals surface area contributed by atoms with E-state index in [1.54, 1.807) is 7.11 Å². The second kappa shape index (κ2) is 11.4. The first kappa shape index (κ1) is 18.8. The fourth-order valence-corrected chi connectivity index (χ4v) is 2.77. The molecule has 2 unspecified atom stereocenters. The minimum Gasteiger partial charge on any atom is -0.389 e. The summed E-state index contributed by atoms with van der Waals surface area (Å²) in [6.07, 6.45) is 3.29. The molecule has 0 saturated carbocycles. The van der Waals surface area contributed by atoms with Crippen LogP contribution >= 0.6 is 0 Å². The Kier molecular flexibility index (Phi) is 10.2. The topological polar surface area (TPSA) is 54.0 Å². The Hall–Kier alpha value is -0.200. The standard InChI is InChI=1S/C16H34N2O3/c1-4-7-17-10-15-5-8-18(9-6-15)11-16(19)13-21-14(2)12-20-3/h14-17,19H,4-13H2,1-3H3. The first-order valence-electron chi connectivity index (χ1n) is 8.37. The van der Waals surface area contributed by atoms with E-state index in [1.165, 1.54) is 19.3 Å². The summed E-state index contributed by atoms with van der Waals surface area (Å²) < 4.78 is 10.6. The van der Waals surface area contributed by atoms with Crippen LogP contribution in [0.2, 0.25) is 0 Å². The SMILES string of the molecule is CCCNCC1CCN(CC(O)COC(C)COC)CC1. The van der Waals surface area contributed by atoms with Gasteiger partial charge in [0.2, 0.25) is 0 Å². The summed E-state index contributed by atoms with van der Waals surface area (Å²) in [7, 11) is 1.66. The zero-order valence-electron chi connectivity index (χ0n) is 14.0. The molecule has 1 heterocycles. The molecule has 2 atom stereocenters. The van der Waals surface area contributed by atoms with Crippen LogP contribution in [-0.4, -0.2) is 75.3 Å². The Morgan fingerprint density at radius 2 is 2.00 bits per heavy atom. The second-order valence-corrected chi connectivity index (χ2v) is 6.20. The van der Waals surface area contributed by atoms with Crippen molar-refractivity contribution in [3.63, 3.8) is 0 Å². The summed E-state index contributed by atoms with van der Waals surface area (Å²) in [6.45, 7) is 10.3. The lowest BCUT2D eigenvalue weighted by molar-refractivity contribution is -0.0417. The van der Waals surface area contributed by atoms with Gasteiger partial charge in [0.15, 0.2) is 0 Å². The molecule has 0 bridgehead atoms. The molecule has 126 valence electrons. The molecule has 0 aliphatic carbocycles. The van der Waals surface area contributed by atoms with Crippen molar-refractivity contribution in [2.75, 3.05) is 53.0 Å². The number of methoxy groups -OCH3 is 1. The smallest absolute Gasteiger partial charge is 0.0900 e. The molecule has 21 heavy (non-hydrogen) atoms. The summed E-state index contributed by atoms with van der Waals surface area (Å²) in [5, 5.41) is 13.5. The van der Waals surface area contributed by atoms with Crippen molar-refractivity contribution in [2.24, 2.45) is 5.92 Å². The highest BCUT2D eigenvalue weighted by Crippen LogP contribution is 2.16. The van der Waals surface area contributed by atoms with E-state index in [4.69, 9.17) is 9.47 Å². The van der Waals surface area contributed by atoms with Gasteiger partial charge in [0.05, 0.1) is 25.4 Å². The van der Waals surface area contributed by atoms with Crippen LogP contribution < -0.4 is 5.32 Å². The van der Waals surface area contributed by atoms with E-state index in [2.05, 4.69) is 17.1 Å². The van der Waals surface area contributed by atoms with E-state index >= 15 is 0 Å². The maximum absolute atomic E-state index is 10.0. The molecule has 2 N–H and O–H groups in total. The van der Waals surface area contributed by atoms with Crippen molar-refractivity contribution in [3.05, 3.63) is 0 Å². The van der Waals surface area contributed by atoms with E-state index < -0.39 is 6.10 Å². The largest absolute Gasteiger partial charge is 0.389 e. The molecule has 1 aliphatic heterocycles. The third kappa shape index (κ3) is 8.73. The Labute approximate surface area is 130 Å². The van der Waals surface area contributed by atoms with Gasteiger partial charge in [0.25, 0.3) is 0 Å². The van der Waals surface area contributed by atoms with E-state index in [0.29, 0.717) is 13.2 Å². The molecule has 0 spiro atoms. The summed E-state index contributed by atoms with van der Waals surface area (Å²) in [5.74, 6) is 0.794. The molecular weight excluding hydrogens is 268 g/mol. The van der Waals surface area contributed by atoms with Crippen LogP contribution in [0, 0.1) is 5.92 Å². The van der Waals surface area contributed by atoms with E-state index in [-0.39, 0.29) is 6.10 Å². The zero-order chi connectivity index (χ0) is 15.5. The van der Waals surface area contributed by atoms with Gasteiger partial charge in [-0.15, -0.1) is 0 Å². The average molecular weight is 302 g/mol. The third-order valence-electron chi connectivity index (χ3n) is 4.01. The molecule has 0 aromatic carbocycles. The van der Waals surface area contributed by atoms with Gasteiger partial charge in [-0.05, 0) is 58.3 Å². The highest BCUT2D eigenvalue weighted by atomic mass is 16.5. The van der Waals surface area contributed by atoms with Crippen LogP contribution in [-0.2, 0) is 9.47 Å². The third-order valence-corrected chi connectivity index (χ3v) is 4.01. The number of β-amino-alcohol motifs (C(OH)–C–C–N with tert-alkyl or cyclic N) is 1. The van der Waals surface area contributed by atoms with E-state index in [9.17, 15) is 5.11 Å². The number of ether oxygens (including phenoxy) is 2. The van der Waals surface area contributed by atoms with Crippen molar-refractivity contribution in [3.8, 4) is 0 Å². The molecule has 1 saturated heterocycles. The van der Waals surface area contributed by atoms with E-state index in [0.717, 1.165) is 38.6 Å². The lowest BCUT2D eigenvalue weighted by atomic mass is 9.96. The Morgan fingerprint density at radius 3 is 2.62 bits per heavy atom. The van der Waals surface area contributed by atoms with Crippen molar-refractivity contribution < 1.29 is 14.6 Å².